The maximum atomic E-state index is 11.6. The Morgan fingerprint density at radius 1 is 1.27 bits per heavy atom. The number of esters is 1. The van der Waals surface area contributed by atoms with Crippen LogP contribution in [0.1, 0.15) is 41.6 Å². The monoisotopic (exact) mass is 404 g/mol. The first kappa shape index (κ1) is 18.7. The zero-order valence-corrected chi connectivity index (χ0v) is 17.1. The predicted octanol–water partition coefficient (Wildman–Crippen LogP) is 4.19. The van der Waals surface area contributed by atoms with Gasteiger partial charge in [0.05, 0.1) is 20.1 Å². The largest absolute Gasteiger partial charge is 0.492 e. The molecule has 0 unspecified atom stereocenters. The van der Waals surface area contributed by atoms with Crippen molar-refractivity contribution in [3.63, 3.8) is 0 Å². The number of nitrogens with zero attached hydrogens (tertiary/aromatic N) is 2. The van der Waals surface area contributed by atoms with E-state index in [1.807, 2.05) is 42.2 Å². The van der Waals surface area contributed by atoms with Gasteiger partial charge in [-0.1, -0.05) is 24.3 Å². The van der Waals surface area contributed by atoms with Gasteiger partial charge in [-0.2, -0.15) is 0 Å². The molecule has 1 aliphatic carbocycles. The number of ether oxygens (including phenoxy) is 3. The Morgan fingerprint density at radius 2 is 2.17 bits per heavy atom. The summed E-state index contributed by atoms with van der Waals surface area (Å²) in [5, 5.41) is 0. The highest BCUT2D eigenvalue weighted by molar-refractivity contribution is 5.71. The molecule has 154 valence electrons. The van der Waals surface area contributed by atoms with Crippen LogP contribution in [0.5, 0.6) is 11.5 Å². The average molecular weight is 404 g/mol. The minimum Gasteiger partial charge on any atom is -0.492 e. The molecule has 2 heterocycles. The third kappa shape index (κ3) is 3.22. The maximum absolute atomic E-state index is 11.6. The molecule has 6 nitrogen and oxygen atoms in total. The summed E-state index contributed by atoms with van der Waals surface area (Å²) in [4.78, 5) is 16.1. The number of methoxy groups -OCH3 is 1. The van der Waals surface area contributed by atoms with Crippen LogP contribution in [0.3, 0.4) is 0 Å². The van der Waals surface area contributed by atoms with E-state index < -0.39 is 0 Å². The van der Waals surface area contributed by atoms with E-state index in [4.69, 9.17) is 14.2 Å². The van der Waals surface area contributed by atoms with Gasteiger partial charge in [0.15, 0.2) is 0 Å². The van der Waals surface area contributed by atoms with Crippen LogP contribution in [0.15, 0.2) is 48.8 Å². The van der Waals surface area contributed by atoms with Gasteiger partial charge < -0.3 is 18.8 Å². The van der Waals surface area contributed by atoms with Crippen LogP contribution >= 0.6 is 0 Å². The first-order valence-corrected chi connectivity index (χ1v) is 10.2. The van der Waals surface area contributed by atoms with Crippen molar-refractivity contribution >= 4 is 5.97 Å². The Balaban J connectivity index is 1.37. The highest BCUT2D eigenvalue weighted by Gasteiger charge is 2.30. The normalized spacial score (nSPS) is 19.1. The maximum Gasteiger partial charge on any atom is 0.306 e. The van der Waals surface area contributed by atoms with Crippen molar-refractivity contribution in [2.45, 2.75) is 31.3 Å². The first-order chi connectivity index (χ1) is 14.6. The van der Waals surface area contributed by atoms with E-state index in [1.165, 1.54) is 23.8 Å². The molecular formula is C24H24N2O4. The van der Waals surface area contributed by atoms with Crippen molar-refractivity contribution in [3.8, 4) is 22.9 Å². The molecule has 5 rings (SSSR count). The van der Waals surface area contributed by atoms with Crippen molar-refractivity contribution in [1.82, 2.24) is 9.55 Å². The molecule has 1 aliphatic heterocycles. The summed E-state index contributed by atoms with van der Waals surface area (Å²) in [5.74, 6) is 2.38. The van der Waals surface area contributed by atoms with Crippen LogP contribution in [0.25, 0.3) is 11.4 Å². The molecule has 0 fully saturated rings. The summed E-state index contributed by atoms with van der Waals surface area (Å²) in [6.07, 6.45) is 6.03. The predicted molar refractivity (Wildman–Crippen MR) is 112 cm³/mol. The van der Waals surface area contributed by atoms with Crippen LogP contribution in [-0.4, -0.2) is 29.2 Å². The highest BCUT2D eigenvalue weighted by Crippen LogP contribution is 2.42. The molecule has 6 heteroatoms. The summed E-state index contributed by atoms with van der Waals surface area (Å²) < 4.78 is 19.0. The van der Waals surface area contributed by atoms with E-state index in [-0.39, 0.29) is 18.0 Å². The molecular weight excluding hydrogens is 380 g/mol. The van der Waals surface area contributed by atoms with E-state index in [9.17, 15) is 4.79 Å². The van der Waals surface area contributed by atoms with Gasteiger partial charge in [0.2, 0.25) is 0 Å². The number of aryl methyl sites for hydroxylation is 1. The van der Waals surface area contributed by atoms with Gasteiger partial charge in [0, 0.05) is 42.6 Å². The van der Waals surface area contributed by atoms with Crippen molar-refractivity contribution in [3.05, 3.63) is 65.5 Å². The van der Waals surface area contributed by atoms with Crippen molar-refractivity contribution in [1.29, 1.82) is 0 Å². The van der Waals surface area contributed by atoms with E-state index in [2.05, 4.69) is 23.2 Å². The van der Waals surface area contributed by atoms with Crippen LogP contribution in [0.4, 0.5) is 0 Å². The number of imidazole rings is 1. The van der Waals surface area contributed by atoms with Gasteiger partial charge >= 0.3 is 5.97 Å². The van der Waals surface area contributed by atoms with Gasteiger partial charge in [-0.25, -0.2) is 4.98 Å². The fourth-order valence-corrected chi connectivity index (χ4v) is 4.52. The fourth-order valence-electron chi connectivity index (χ4n) is 4.52. The molecule has 3 aromatic rings. The van der Waals surface area contributed by atoms with Crippen molar-refractivity contribution < 1.29 is 19.0 Å². The third-order valence-electron chi connectivity index (χ3n) is 6.06. The third-order valence-corrected chi connectivity index (χ3v) is 6.06. The number of hydrogen-bond acceptors (Lipinski definition) is 5. The zero-order chi connectivity index (χ0) is 20.7. The lowest BCUT2D eigenvalue weighted by atomic mass is 9.98. The number of carbonyl (C=O) groups is 1. The Hall–Kier alpha value is -3.28. The number of carbonyl (C=O) groups excluding carboxylic acids is 1. The minimum absolute atomic E-state index is 0.00513. The molecule has 0 spiro atoms. The lowest BCUT2D eigenvalue weighted by Gasteiger charge is -2.16. The average Bonchev–Trinajstić information content (AvgIpc) is 3.47. The number of rotatable bonds is 5. The second-order valence-corrected chi connectivity index (χ2v) is 7.87. The van der Waals surface area contributed by atoms with Gasteiger partial charge in [0.1, 0.15) is 23.4 Å². The summed E-state index contributed by atoms with van der Waals surface area (Å²) in [6, 6.07) is 12.3. The number of fused-ring (bicyclic) bond motifs is 2. The molecule has 0 radical (unpaired) electrons. The van der Waals surface area contributed by atoms with Gasteiger partial charge in [-0.15, -0.1) is 0 Å². The summed E-state index contributed by atoms with van der Waals surface area (Å²) >= 11 is 0. The fraction of sp³-hybridized carbons (Fsp3) is 0.333. The quantitative estimate of drug-likeness (QED) is 0.597. The molecule has 2 aromatic carbocycles. The van der Waals surface area contributed by atoms with E-state index in [1.54, 1.807) is 0 Å². The lowest BCUT2D eigenvalue weighted by molar-refractivity contribution is -0.141. The van der Waals surface area contributed by atoms with Gasteiger partial charge in [-0.05, 0) is 30.0 Å². The second-order valence-electron chi connectivity index (χ2n) is 7.87. The molecule has 1 aromatic heterocycles. The molecule has 0 N–H and O–H groups in total. The molecule has 0 saturated heterocycles. The molecule has 0 saturated carbocycles. The minimum atomic E-state index is -0.220. The molecule has 30 heavy (non-hydrogen) atoms. The standard InChI is InChI=1S/C24H24N2O4/c1-26-11-10-25-24(26)20-5-3-4-19-18(20)8-9-21(19)30-16-6-7-17-15(12-23(27)28-2)14-29-22(17)13-16/h3-7,10-11,13,15,21H,8-9,12,14H2,1-2H3/t15-,21-/m1/s1. The van der Waals surface area contributed by atoms with Crippen LogP contribution in [0, 0.1) is 0 Å². The summed E-state index contributed by atoms with van der Waals surface area (Å²) in [5.41, 5.74) is 4.75. The van der Waals surface area contributed by atoms with E-state index >= 15 is 0 Å². The van der Waals surface area contributed by atoms with Crippen LogP contribution in [0.2, 0.25) is 0 Å². The SMILES string of the molecule is COC(=O)C[C@@H]1COc2cc(O[C@@H]3CCc4c(-c5nccn5C)cccc43)ccc21. The summed E-state index contributed by atoms with van der Waals surface area (Å²) in [7, 11) is 3.43. The highest BCUT2D eigenvalue weighted by atomic mass is 16.5. The van der Waals surface area contributed by atoms with E-state index in [0.29, 0.717) is 13.0 Å². The van der Waals surface area contributed by atoms with Crippen LogP contribution in [-0.2, 0) is 23.0 Å². The number of aromatic nitrogens is 2. The molecule has 0 amide bonds. The Kier molecular flexibility index (Phi) is 4.69. The molecule has 2 atom stereocenters. The Labute approximate surface area is 175 Å². The van der Waals surface area contributed by atoms with Crippen molar-refractivity contribution in [2.75, 3.05) is 13.7 Å². The first-order valence-electron chi connectivity index (χ1n) is 10.2. The molecule has 0 bridgehead atoms. The van der Waals surface area contributed by atoms with E-state index in [0.717, 1.165) is 35.7 Å². The zero-order valence-electron chi connectivity index (χ0n) is 17.1. The van der Waals surface area contributed by atoms with Crippen LogP contribution < -0.4 is 9.47 Å². The number of hydrogen-bond donors (Lipinski definition) is 0. The topological polar surface area (TPSA) is 62.6 Å². The van der Waals surface area contributed by atoms with Crippen molar-refractivity contribution in [2.24, 2.45) is 7.05 Å². The summed E-state index contributed by atoms with van der Waals surface area (Å²) in [6.45, 7) is 0.493. The van der Waals surface area contributed by atoms with Gasteiger partial charge in [0.25, 0.3) is 0 Å². The lowest BCUT2D eigenvalue weighted by Crippen LogP contribution is -2.09. The molecule has 2 aliphatic rings. The Bertz CT molecular complexity index is 1100. The number of benzene rings is 2. The second kappa shape index (κ2) is 7.52. The Morgan fingerprint density at radius 3 is 2.97 bits per heavy atom. The smallest absolute Gasteiger partial charge is 0.306 e. The van der Waals surface area contributed by atoms with Gasteiger partial charge in [-0.3, -0.25) is 4.79 Å².